The second kappa shape index (κ2) is 23.3. The number of methoxy groups -OCH3 is 4. The smallest absolute Gasteiger partial charge is 0.231 e. The number of nitrogens with one attached hydrogen (secondary N) is 1. The third-order valence-electron chi connectivity index (χ3n) is 12.0. The van der Waals surface area contributed by atoms with Gasteiger partial charge in [0.2, 0.25) is 23.7 Å². The van der Waals surface area contributed by atoms with E-state index in [1.807, 2.05) is 170 Å². The SMILES string of the molecule is COc1ccc(-c2c(Cl)nc3c(-c4ccccc4)c(-c4ccccc4)nn3c2OC)cc1.COc1ccc(-c2c(Nc3ncncn3)nc3c(-c4ccccc4)c(-c4ccccc4)nn3c2OC)cc1.Nc1ncncn1. The van der Waals surface area contributed by atoms with Gasteiger partial charge in [0.1, 0.15) is 59.2 Å². The van der Waals surface area contributed by atoms with Gasteiger partial charge >= 0.3 is 0 Å². The molecule has 6 aromatic heterocycles. The summed E-state index contributed by atoms with van der Waals surface area (Å²) in [6.45, 7) is 0. The highest BCUT2D eigenvalue weighted by atomic mass is 35.5. The Morgan fingerprint density at radius 2 is 0.792 bits per heavy atom. The van der Waals surface area contributed by atoms with Gasteiger partial charge in [0.15, 0.2) is 11.3 Å². The first-order chi connectivity index (χ1) is 37.9. The third-order valence-corrected chi connectivity index (χ3v) is 12.3. The Morgan fingerprint density at radius 1 is 0.416 bits per heavy atom. The number of hydrogen-bond donors (Lipinski definition) is 2. The van der Waals surface area contributed by atoms with Crippen LogP contribution in [0, 0.1) is 0 Å². The van der Waals surface area contributed by atoms with Crippen LogP contribution in [-0.2, 0) is 0 Å². The van der Waals surface area contributed by atoms with Crippen molar-refractivity contribution >= 4 is 40.6 Å². The molecule has 3 N–H and O–H groups in total. The van der Waals surface area contributed by atoms with Crippen LogP contribution >= 0.6 is 11.6 Å². The number of fused-ring (bicyclic) bond motifs is 2. The molecule has 380 valence electrons. The van der Waals surface area contributed by atoms with E-state index in [-0.39, 0.29) is 5.95 Å². The van der Waals surface area contributed by atoms with Crippen LogP contribution in [0.4, 0.5) is 17.7 Å². The summed E-state index contributed by atoms with van der Waals surface area (Å²) in [7, 11) is 6.51. The van der Waals surface area contributed by atoms with E-state index >= 15 is 0 Å². The molecule has 6 heterocycles. The maximum atomic E-state index is 6.75. The third kappa shape index (κ3) is 10.7. The molecule has 12 aromatic rings. The summed E-state index contributed by atoms with van der Waals surface area (Å²) >= 11 is 6.75. The molecule has 0 aliphatic carbocycles. The van der Waals surface area contributed by atoms with Crippen LogP contribution in [0.5, 0.6) is 23.3 Å². The normalized spacial score (nSPS) is 10.7. The van der Waals surface area contributed by atoms with Gasteiger partial charge in [-0.25, -0.2) is 39.9 Å². The second-order valence-electron chi connectivity index (χ2n) is 16.6. The lowest BCUT2D eigenvalue weighted by molar-refractivity contribution is 0.387. The van der Waals surface area contributed by atoms with Crippen molar-refractivity contribution in [1.29, 1.82) is 0 Å². The molecule has 0 amide bonds. The fraction of sp³-hybridized carbons (Fsp3) is 0.0690. The Bertz CT molecular complexity index is 3880. The predicted octanol–water partition coefficient (Wildman–Crippen LogP) is 11.5. The van der Waals surface area contributed by atoms with Crippen molar-refractivity contribution in [2.24, 2.45) is 0 Å². The van der Waals surface area contributed by atoms with Crippen molar-refractivity contribution in [3.8, 4) is 90.3 Å². The molecule has 0 aliphatic rings. The van der Waals surface area contributed by atoms with Crippen LogP contribution in [0.25, 0.3) is 78.3 Å². The minimum Gasteiger partial charge on any atom is -0.497 e. The Balaban J connectivity index is 0.000000157. The number of hydrogen-bond acceptors (Lipinski definition) is 16. The molecule has 0 atom stereocenters. The molecular weight excluding hydrogens is 992 g/mol. The largest absolute Gasteiger partial charge is 0.497 e. The maximum Gasteiger partial charge on any atom is 0.231 e. The van der Waals surface area contributed by atoms with Gasteiger partial charge in [-0.3, -0.25) is 0 Å². The molecule has 0 saturated carbocycles. The van der Waals surface area contributed by atoms with Crippen LogP contribution < -0.4 is 30.0 Å². The Morgan fingerprint density at radius 3 is 1.19 bits per heavy atom. The topological polar surface area (TPSA) is 213 Å². The number of anilines is 3. The number of halogens is 1. The number of nitrogens with two attached hydrogens (primary N) is 1. The molecular formula is C58H47ClN14O4. The number of benzene rings is 6. The van der Waals surface area contributed by atoms with E-state index < -0.39 is 0 Å². The Hall–Kier alpha value is -10.3. The van der Waals surface area contributed by atoms with E-state index in [4.69, 9.17) is 56.4 Å². The minimum atomic E-state index is 0.259. The number of nitrogens with zero attached hydrogens (tertiary/aromatic N) is 12. The molecule has 0 spiro atoms. The molecule has 0 aliphatic heterocycles. The van der Waals surface area contributed by atoms with Gasteiger partial charge in [-0.1, -0.05) is 157 Å². The maximum absolute atomic E-state index is 6.75. The van der Waals surface area contributed by atoms with Gasteiger partial charge in [0.05, 0.1) is 50.7 Å². The quantitative estimate of drug-likeness (QED) is 0.109. The molecule has 0 unspecified atom stereocenters. The fourth-order valence-corrected chi connectivity index (χ4v) is 8.77. The van der Waals surface area contributed by atoms with Crippen molar-refractivity contribution in [1.82, 2.24) is 59.1 Å². The lowest BCUT2D eigenvalue weighted by atomic mass is 10.0. The van der Waals surface area contributed by atoms with Crippen LogP contribution in [0.2, 0.25) is 5.15 Å². The van der Waals surface area contributed by atoms with E-state index in [2.05, 4.69) is 35.2 Å². The van der Waals surface area contributed by atoms with Crippen molar-refractivity contribution in [2.45, 2.75) is 0 Å². The van der Waals surface area contributed by atoms with Crippen LogP contribution in [0.15, 0.2) is 195 Å². The van der Waals surface area contributed by atoms with Crippen LogP contribution in [0.3, 0.4) is 0 Å². The number of rotatable bonds is 12. The van der Waals surface area contributed by atoms with Gasteiger partial charge in [-0.15, -0.1) is 0 Å². The Labute approximate surface area is 446 Å². The van der Waals surface area contributed by atoms with Crippen molar-refractivity contribution in [3.05, 3.63) is 200 Å². The highest BCUT2D eigenvalue weighted by Crippen LogP contribution is 2.44. The van der Waals surface area contributed by atoms with E-state index in [0.29, 0.717) is 51.1 Å². The standard InChI is InChI=1S/C29H23N7O2.C26H20ClN3O2.C3H4N4/c1-37-22-15-13-20(14-16-22)24-26(34-29-31-17-30-18-32-29)33-27-23(19-9-5-3-6-10-19)25(21-11-7-4-8-12-21)35-36(27)28(24)38-2;1-31-20-15-13-18(14-16-20)22-24(27)28-25-21(17-9-5-3-6-10-17)23(19-11-7-4-8-12-19)29-30(25)26(22)32-2;4-3-6-1-5-2-7-3/h3-18H,1-2H3,(H,30,31,32,33,34);3-16H,1-2H3;1-2H,(H2,4,5,6,7). The zero-order valence-electron chi connectivity index (χ0n) is 41.9. The lowest BCUT2D eigenvalue weighted by Crippen LogP contribution is -2.07. The summed E-state index contributed by atoms with van der Waals surface area (Å²) in [4.78, 5) is 32.9. The first-order valence-corrected chi connectivity index (χ1v) is 24.2. The summed E-state index contributed by atoms with van der Waals surface area (Å²) in [6, 6.07) is 55.5. The molecule has 18 nitrogen and oxygen atoms in total. The van der Waals surface area contributed by atoms with Crippen molar-refractivity contribution < 1.29 is 18.9 Å². The average Bonchev–Trinajstić information content (AvgIpc) is 4.15. The summed E-state index contributed by atoms with van der Waals surface area (Å²) in [6.07, 6.45) is 5.56. The van der Waals surface area contributed by atoms with Crippen molar-refractivity contribution in [3.63, 3.8) is 0 Å². The highest BCUT2D eigenvalue weighted by molar-refractivity contribution is 6.32. The highest BCUT2D eigenvalue weighted by Gasteiger charge is 2.27. The van der Waals surface area contributed by atoms with Gasteiger partial charge in [0.25, 0.3) is 0 Å². The van der Waals surface area contributed by atoms with E-state index in [0.717, 1.165) is 67.4 Å². The zero-order chi connectivity index (χ0) is 53.1. The predicted molar refractivity (Wildman–Crippen MR) is 297 cm³/mol. The van der Waals surface area contributed by atoms with Gasteiger partial charge in [0, 0.05) is 11.1 Å². The minimum absolute atomic E-state index is 0.259. The molecule has 6 aromatic carbocycles. The zero-order valence-corrected chi connectivity index (χ0v) is 42.7. The number of aromatic nitrogens is 12. The molecule has 12 rings (SSSR count). The summed E-state index contributed by atoms with van der Waals surface area (Å²) < 4.78 is 26.0. The average molecular weight is 1040 g/mol. The van der Waals surface area contributed by atoms with E-state index in [9.17, 15) is 0 Å². The second-order valence-corrected chi connectivity index (χ2v) is 16.9. The van der Waals surface area contributed by atoms with Crippen LogP contribution in [0.1, 0.15) is 0 Å². The molecule has 19 heteroatoms. The van der Waals surface area contributed by atoms with E-state index in [1.165, 1.54) is 25.3 Å². The lowest BCUT2D eigenvalue weighted by Gasteiger charge is -2.16. The van der Waals surface area contributed by atoms with Crippen LogP contribution in [-0.4, -0.2) is 87.5 Å². The Kier molecular flexibility index (Phi) is 15.2. The van der Waals surface area contributed by atoms with Gasteiger partial charge < -0.3 is 30.0 Å². The molecule has 77 heavy (non-hydrogen) atoms. The molecule has 0 fully saturated rings. The van der Waals surface area contributed by atoms with Gasteiger partial charge in [-0.05, 0) is 46.5 Å². The van der Waals surface area contributed by atoms with Crippen molar-refractivity contribution in [2.75, 3.05) is 39.5 Å². The monoisotopic (exact) mass is 1040 g/mol. The van der Waals surface area contributed by atoms with E-state index in [1.54, 1.807) is 37.5 Å². The summed E-state index contributed by atoms with van der Waals surface area (Å²) in [5.74, 6) is 3.66. The molecule has 0 bridgehead atoms. The summed E-state index contributed by atoms with van der Waals surface area (Å²) in [5.41, 5.74) is 16.8. The fourth-order valence-electron chi connectivity index (χ4n) is 8.50. The molecule has 0 saturated heterocycles. The first kappa shape index (κ1) is 50.2. The number of nitrogen functional groups attached to an aromatic ring is 1. The van der Waals surface area contributed by atoms with Gasteiger partial charge in [-0.2, -0.15) is 19.2 Å². The summed E-state index contributed by atoms with van der Waals surface area (Å²) in [5, 5.41) is 13.6. The first-order valence-electron chi connectivity index (χ1n) is 23.8. The molecule has 0 radical (unpaired) electrons. The number of ether oxygens (including phenoxy) is 4.